The van der Waals surface area contributed by atoms with Crippen molar-refractivity contribution < 1.29 is 0 Å². The number of nitrogens with zero attached hydrogens (tertiary/aromatic N) is 2. The maximum atomic E-state index is 4.59. The summed E-state index contributed by atoms with van der Waals surface area (Å²) in [5.41, 5.74) is 2.23. The lowest BCUT2D eigenvalue weighted by Gasteiger charge is -2.08. The van der Waals surface area contributed by atoms with Gasteiger partial charge in [-0.2, -0.15) is 0 Å². The molecule has 0 amide bonds. The Morgan fingerprint density at radius 2 is 1.85 bits per heavy atom. The highest BCUT2D eigenvalue weighted by atomic mass is 35.5. The fourth-order valence-corrected chi connectivity index (χ4v) is 2.44. The molecule has 0 saturated heterocycles. The molecule has 0 fully saturated rings. The highest BCUT2D eigenvalue weighted by molar-refractivity contribution is 7.14. The summed E-state index contributed by atoms with van der Waals surface area (Å²) in [6.45, 7) is 2.07. The van der Waals surface area contributed by atoms with E-state index in [0.717, 1.165) is 30.3 Å². The average Bonchev–Trinajstić information content (AvgIpc) is 2.84. The lowest BCUT2D eigenvalue weighted by Crippen LogP contribution is -2.16. The number of halogens is 2. The van der Waals surface area contributed by atoms with E-state index in [4.69, 9.17) is 0 Å². The molecular formula is C14H21Cl2N3S. The van der Waals surface area contributed by atoms with E-state index in [0.29, 0.717) is 0 Å². The van der Waals surface area contributed by atoms with Gasteiger partial charge in [-0.25, -0.2) is 4.98 Å². The van der Waals surface area contributed by atoms with Gasteiger partial charge < -0.3 is 10.2 Å². The maximum absolute atomic E-state index is 4.59. The van der Waals surface area contributed by atoms with Crippen LogP contribution in [0.1, 0.15) is 6.42 Å². The van der Waals surface area contributed by atoms with Gasteiger partial charge in [-0.3, -0.25) is 0 Å². The number of thiazole rings is 1. The van der Waals surface area contributed by atoms with Gasteiger partial charge in [-0.15, -0.1) is 36.2 Å². The van der Waals surface area contributed by atoms with Crippen LogP contribution in [0.2, 0.25) is 0 Å². The van der Waals surface area contributed by atoms with Crippen LogP contribution in [0, 0.1) is 0 Å². The van der Waals surface area contributed by atoms with Crippen LogP contribution in [-0.4, -0.2) is 37.1 Å². The standard InChI is InChI=1S/C14H19N3S.2ClH/c1-17(2)10-6-9-15-14-16-13(11-18-14)12-7-4-3-5-8-12;;/h3-5,7-8,11H,6,9-10H2,1-2H3,(H,15,16);2*1H. The molecule has 2 rings (SSSR count). The molecule has 0 aliphatic rings. The van der Waals surface area contributed by atoms with Crippen LogP contribution in [0.25, 0.3) is 11.3 Å². The number of aromatic nitrogens is 1. The molecule has 0 unspecified atom stereocenters. The molecule has 0 bridgehead atoms. The van der Waals surface area contributed by atoms with E-state index in [-0.39, 0.29) is 24.8 Å². The highest BCUT2D eigenvalue weighted by Crippen LogP contribution is 2.24. The minimum atomic E-state index is 0. The maximum Gasteiger partial charge on any atom is 0.183 e. The van der Waals surface area contributed by atoms with Gasteiger partial charge in [-0.05, 0) is 27.1 Å². The first kappa shape index (κ1) is 19.2. The predicted molar refractivity (Wildman–Crippen MR) is 93.7 cm³/mol. The van der Waals surface area contributed by atoms with Crippen LogP contribution in [-0.2, 0) is 0 Å². The molecule has 0 aliphatic carbocycles. The minimum Gasteiger partial charge on any atom is -0.361 e. The number of nitrogens with one attached hydrogen (secondary N) is 1. The van der Waals surface area contributed by atoms with Crippen molar-refractivity contribution in [1.82, 2.24) is 9.88 Å². The lowest BCUT2D eigenvalue weighted by atomic mass is 10.2. The molecule has 1 heterocycles. The Balaban J connectivity index is 0.00000180. The smallest absolute Gasteiger partial charge is 0.183 e. The predicted octanol–water partition coefficient (Wildman–Crippen LogP) is 4.02. The molecule has 3 nitrogen and oxygen atoms in total. The van der Waals surface area contributed by atoms with Gasteiger partial charge in [0, 0.05) is 17.5 Å². The van der Waals surface area contributed by atoms with E-state index in [2.05, 4.69) is 46.8 Å². The Bertz CT molecular complexity index is 474. The summed E-state index contributed by atoms with van der Waals surface area (Å²) in [5, 5.41) is 6.48. The molecule has 1 aromatic heterocycles. The van der Waals surface area contributed by atoms with Gasteiger partial charge in [0.2, 0.25) is 0 Å². The number of hydrogen-bond donors (Lipinski definition) is 1. The quantitative estimate of drug-likeness (QED) is 0.809. The van der Waals surface area contributed by atoms with E-state index >= 15 is 0 Å². The molecule has 20 heavy (non-hydrogen) atoms. The number of rotatable bonds is 6. The number of anilines is 1. The van der Waals surface area contributed by atoms with Crippen LogP contribution in [0.5, 0.6) is 0 Å². The van der Waals surface area contributed by atoms with E-state index in [1.54, 1.807) is 11.3 Å². The molecule has 0 radical (unpaired) electrons. The van der Waals surface area contributed by atoms with Crippen LogP contribution in [0.4, 0.5) is 5.13 Å². The fourth-order valence-electron chi connectivity index (χ4n) is 1.69. The second-order valence-corrected chi connectivity index (χ2v) is 5.35. The Morgan fingerprint density at radius 1 is 1.15 bits per heavy atom. The van der Waals surface area contributed by atoms with Crippen molar-refractivity contribution in [2.24, 2.45) is 0 Å². The third-order valence-corrected chi connectivity index (χ3v) is 3.43. The zero-order chi connectivity index (χ0) is 12.8. The summed E-state index contributed by atoms with van der Waals surface area (Å²) in [4.78, 5) is 6.78. The summed E-state index contributed by atoms with van der Waals surface area (Å²) in [5.74, 6) is 0. The van der Waals surface area contributed by atoms with Crippen molar-refractivity contribution in [3.8, 4) is 11.3 Å². The molecular weight excluding hydrogens is 313 g/mol. The second-order valence-electron chi connectivity index (χ2n) is 4.49. The van der Waals surface area contributed by atoms with Gasteiger partial charge >= 0.3 is 0 Å². The lowest BCUT2D eigenvalue weighted by molar-refractivity contribution is 0.405. The Morgan fingerprint density at radius 3 is 2.50 bits per heavy atom. The van der Waals surface area contributed by atoms with Gasteiger partial charge in [0.05, 0.1) is 5.69 Å². The van der Waals surface area contributed by atoms with Crippen molar-refractivity contribution in [1.29, 1.82) is 0 Å². The third-order valence-electron chi connectivity index (χ3n) is 2.63. The Hall–Kier alpha value is -0.810. The summed E-state index contributed by atoms with van der Waals surface area (Å²) >= 11 is 1.67. The van der Waals surface area contributed by atoms with Crippen LogP contribution >= 0.6 is 36.2 Å². The van der Waals surface area contributed by atoms with Gasteiger partial charge in [-0.1, -0.05) is 30.3 Å². The van der Waals surface area contributed by atoms with Crippen molar-refractivity contribution >= 4 is 41.3 Å². The zero-order valence-corrected chi connectivity index (χ0v) is 14.2. The van der Waals surface area contributed by atoms with E-state index in [1.807, 2.05) is 18.2 Å². The molecule has 112 valence electrons. The van der Waals surface area contributed by atoms with Crippen LogP contribution in [0.15, 0.2) is 35.7 Å². The highest BCUT2D eigenvalue weighted by Gasteiger charge is 2.03. The van der Waals surface area contributed by atoms with Crippen molar-refractivity contribution in [2.45, 2.75) is 6.42 Å². The molecule has 0 saturated carbocycles. The average molecular weight is 334 g/mol. The first-order valence-electron chi connectivity index (χ1n) is 6.15. The van der Waals surface area contributed by atoms with Crippen molar-refractivity contribution in [3.63, 3.8) is 0 Å². The number of hydrogen-bond acceptors (Lipinski definition) is 4. The summed E-state index contributed by atoms with van der Waals surface area (Å²) in [6.07, 6.45) is 1.13. The fraction of sp³-hybridized carbons (Fsp3) is 0.357. The molecule has 2 aromatic rings. The zero-order valence-electron chi connectivity index (χ0n) is 11.7. The summed E-state index contributed by atoms with van der Waals surface area (Å²) in [7, 11) is 4.19. The summed E-state index contributed by atoms with van der Waals surface area (Å²) in [6, 6.07) is 10.3. The molecule has 1 N–H and O–H groups in total. The van der Waals surface area contributed by atoms with E-state index in [9.17, 15) is 0 Å². The van der Waals surface area contributed by atoms with Gasteiger partial charge in [0.15, 0.2) is 5.13 Å². The Labute approximate surface area is 137 Å². The van der Waals surface area contributed by atoms with Gasteiger partial charge in [0.25, 0.3) is 0 Å². The first-order valence-corrected chi connectivity index (χ1v) is 7.03. The molecule has 6 heteroatoms. The van der Waals surface area contributed by atoms with E-state index in [1.165, 1.54) is 5.56 Å². The molecule has 0 aliphatic heterocycles. The van der Waals surface area contributed by atoms with Crippen LogP contribution < -0.4 is 5.32 Å². The minimum absolute atomic E-state index is 0. The summed E-state index contributed by atoms with van der Waals surface area (Å²) < 4.78 is 0. The normalized spacial score (nSPS) is 9.75. The molecule has 1 aromatic carbocycles. The van der Waals surface area contributed by atoms with Crippen molar-refractivity contribution in [3.05, 3.63) is 35.7 Å². The topological polar surface area (TPSA) is 28.2 Å². The first-order chi connectivity index (χ1) is 8.75. The van der Waals surface area contributed by atoms with Gasteiger partial charge in [0.1, 0.15) is 0 Å². The molecule has 0 spiro atoms. The van der Waals surface area contributed by atoms with E-state index < -0.39 is 0 Å². The SMILES string of the molecule is CN(C)CCCNc1nc(-c2ccccc2)cs1.Cl.Cl. The molecule has 0 atom stereocenters. The Kier molecular flexibility index (Phi) is 9.59. The van der Waals surface area contributed by atoms with Crippen LogP contribution in [0.3, 0.4) is 0 Å². The largest absolute Gasteiger partial charge is 0.361 e. The number of benzene rings is 1. The second kappa shape index (κ2) is 10.00. The van der Waals surface area contributed by atoms with Crippen molar-refractivity contribution in [2.75, 3.05) is 32.5 Å². The monoisotopic (exact) mass is 333 g/mol. The third kappa shape index (κ3) is 6.09.